The first kappa shape index (κ1) is 11.2. The number of anilines is 1. The summed E-state index contributed by atoms with van der Waals surface area (Å²) in [5.74, 6) is -0.0852. The van der Waals surface area contributed by atoms with E-state index < -0.39 is 0 Å². The Labute approximate surface area is 113 Å². The molecule has 1 aliphatic rings. The molecule has 3 nitrogen and oxygen atoms in total. The van der Waals surface area contributed by atoms with Crippen LogP contribution < -0.4 is 5.32 Å². The van der Waals surface area contributed by atoms with Gasteiger partial charge in [-0.3, -0.25) is 4.79 Å². The molecule has 0 unspecified atom stereocenters. The van der Waals surface area contributed by atoms with Crippen molar-refractivity contribution in [2.75, 3.05) is 5.32 Å². The van der Waals surface area contributed by atoms with Crippen LogP contribution in [0.15, 0.2) is 47.1 Å². The van der Waals surface area contributed by atoms with E-state index in [1.165, 1.54) is 0 Å². The molecule has 88 valence electrons. The van der Waals surface area contributed by atoms with E-state index in [4.69, 9.17) is 0 Å². The van der Waals surface area contributed by atoms with E-state index in [2.05, 4.69) is 26.2 Å². The van der Waals surface area contributed by atoms with Crippen molar-refractivity contribution in [1.29, 1.82) is 0 Å². The molecule has 1 aromatic carbocycles. The number of nitrogens with one attached hydrogen (secondary N) is 1. The number of carbonyl (C=O) groups excluding carboxylic acids is 1. The summed E-state index contributed by atoms with van der Waals surface area (Å²) in [6.07, 6.45) is 1.80. The zero-order chi connectivity index (χ0) is 12.5. The fraction of sp³-hybridized carbons (Fsp3) is 0. The summed E-state index contributed by atoms with van der Waals surface area (Å²) in [5.41, 5.74) is 3.18. The third kappa shape index (κ3) is 1.95. The number of fused-ring (bicyclic) bond motifs is 1. The Kier molecular flexibility index (Phi) is 2.72. The molecule has 0 radical (unpaired) electrons. The molecule has 1 aromatic heterocycles. The Hall–Kier alpha value is -1.94. The van der Waals surface area contributed by atoms with Crippen LogP contribution in [-0.4, -0.2) is 10.9 Å². The molecule has 0 saturated carbocycles. The predicted molar refractivity (Wildman–Crippen MR) is 74.9 cm³/mol. The largest absolute Gasteiger partial charge is 0.321 e. The lowest BCUT2D eigenvalue weighted by atomic mass is 10.1. The minimum absolute atomic E-state index is 0.0852. The molecule has 4 heteroatoms. The van der Waals surface area contributed by atoms with E-state index >= 15 is 0 Å². The summed E-state index contributed by atoms with van der Waals surface area (Å²) < 4.78 is 0.753. The minimum Gasteiger partial charge on any atom is -0.321 e. The van der Waals surface area contributed by atoms with Gasteiger partial charge in [0.2, 0.25) is 0 Å². The van der Waals surface area contributed by atoms with Crippen molar-refractivity contribution in [3.05, 3.63) is 58.3 Å². The second kappa shape index (κ2) is 4.38. The molecule has 0 spiro atoms. The molecular formula is C14H9BrN2O. The first-order valence-electron chi connectivity index (χ1n) is 5.49. The van der Waals surface area contributed by atoms with Crippen LogP contribution in [0.1, 0.15) is 11.3 Å². The molecule has 1 N–H and O–H groups in total. The predicted octanol–water partition coefficient (Wildman–Crippen LogP) is 3.34. The molecule has 2 heterocycles. The van der Waals surface area contributed by atoms with Gasteiger partial charge >= 0.3 is 0 Å². The smallest absolute Gasteiger partial charge is 0.256 e. The Bertz CT molecular complexity index is 664. The van der Waals surface area contributed by atoms with Gasteiger partial charge in [-0.2, -0.15) is 0 Å². The van der Waals surface area contributed by atoms with Crippen molar-refractivity contribution in [3.63, 3.8) is 0 Å². The highest BCUT2D eigenvalue weighted by molar-refractivity contribution is 9.10. The SMILES string of the molecule is O=C1Nc2ccccc2/C1=C/c1cccc(Br)n1. The zero-order valence-electron chi connectivity index (χ0n) is 9.35. The van der Waals surface area contributed by atoms with Gasteiger partial charge in [0.05, 0.1) is 11.3 Å². The van der Waals surface area contributed by atoms with Crippen LogP contribution in [-0.2, 0) is 4.79 Å². The van der Waals surface area contributed by atoms with Crippen molar-refractivity contribution in [2.24, 2.45) is 0 Å². The molecule has 1 aliphatic heterocycles. The molecule has 18 heavy (non-hydrogen) atoms. The van der Waals surface area contributed by atoms with Gasteiger partial charge in [-0.25, -0.2) is 4.98 Å². The Morgan fingerprint density at radius 2 is 1.94 bits per heavy atom. The number of amides is 1. The number of halogens is 1. The topological polar surface area (TPSA) is 42.0 Å². The minimum atomic E-state index is -0.0852. The Morgan fingerprint density at radius 1 is 1.11 bits per heavy atom. The molecule has 1 amide bonds. The second-order valence-electron chi connectivity index (χ2n) is 3.94. The quantitative estimate of drug-likeness (QED) is 0.648. The normalized spacial score (nSPS) is 15.6. The van der Waals surface area contributed by atoms with E-state index in [0.717, 1.165) is 21.5 Å². The van der Waals surface area contributed by atoms with Crippen molar-refractivity contribution in [2.45, 2.75) is 0 Å². The standard InChI is InChI=1S/C14H9BrN2O/c15-13-7-3-4-9(16-13)8-11-10-5-1-2-6-12(10)17-14(11)18/h1-8H,(H,17,18)/b11-8-. The Balaban J connectivity index is 2.10. The highest BCUT2D eigenvalue weighted by atomic mass is 79.9. The maximum Gasteiger partial charge on any atom is 0.256 e. The number of nitrogens with zero attached hydrogens (tertiary/aromatic N) is 1. The molecule has 0 bridgehead atoms. The summed E-state index contributed by atoms with van der Waals surface area (Å²) >= 11 is 3.32. The lowest BCUT2D eigenvalue weighted by molar-refractivity contribution is -0.110. The highest BCUT2D eigenvalue weighted by Crippen LogP contribution is 2.32. The molecule has 2 aromatic rings. The summed E-state index contributed by atoms with van der Waals surface area (Å²) in [5, 5.41) is 2.84. The molecule has 0 atom stereocenters. The average molecular weight is 301 g/mol. The van der Waals surface area contributed by atoms with Crippen molar-refractivity contribution in [3.8, 4) is 0 Å². The van der Waals surface area contributed by atoms with E-state index in [9.17, 15) is 4.79 Å². The van der Waals surface area contributed by atoms with Crippen molar-refractivity contribution >= 4 is 39.2 Å². The van der Waals surface area contributed by atoms with Gasteiger partial charge in [-0.1, -0.05) is 24.3 Å². The number of rotatable bonds is 1. The fourth-order valence-corrected chi connectivity index (χ4v) is 2.29. The second-order valence-corrected chi connectivity index (χ2v) is 4.76. The Morgan fingerprint density at radius 3 is 2.78 bits per heavy atom. The van der Waals surface area contributed by atoms with Gasteiger partial charge in [-0.15, -0.1) is 0 Å². The molecular weight excluding hydrogens is 292 g/mol. The number of hydrogen-bond acceptors (Lipinski definition) is 2. The highest BCUT2D eigenvalue weighted by Gasteiger charge is 2.23. The van der Waals surface area contributed by atoms with Crippen LogP contribution in [0.3, 0.4) is 0 Å². The van der Waals surface area contributed by atoms with Crippen molar-refractivity contribution in [1.82, 2.24) is 4.98 Å². The summed E-state index contributed by atoms with van der Waals surface area (Å²) in [7, 11) is 0. The van der Waals surface area contributed by atoms with Gasteiger partial charge in [0.25, 0.3) is 5.91 Å². The van der Waals surface area contributed by atoms with E-state index in [0.29, 0.717) is 5.57 Å². The monoisotopic (exact) mass is 300 g/mol. The number of carbonyl (C=O) groups is 1. The number of hydrogen-bond donors (Lipinski definition) is 1. The maximum absolute atomic E-state index is 11.9. The summed E-state index contributed by atoms with van der Waals surface area (Å²) in [6.45, 7) is 0. The maximum atomic E-state index is 11.9. The zero-order valence-corrected chi connectivity index (χ0v) is 10.9. The average Bonchev–Trinajstić information content (AvgIpc) is 2.66. The van der Waals surface area contributed by atoms with Crippen LogP contribution in [0.4, 0.5) is 5.69 Å². The van der Waals surface area contributed by atoms with Gasteiger partial charge < -0.3 is 5.32 Å². The molecule has 0 fully saturated rings. The van der Waals surface area contributed by atoms with Crippen LogP contribution in [0.2, 0.25) is 0 Å². The van der Waals surface area contributed by atoms with Gasteiger partial charge in [-0.05, 0) is 40.2 Å². The first-order valence-corrected chi connectivity index (χ1v) is 6.28. The van der Waals surface area contributed by atoms with E-state index in [1.807, 2.05) is 42.5 Å². The van der Waals surface area contributed by atoms with Crippen LogP contribution in [0.5, 0.6) is 0 Å². The lowest BCUT2D eigenvalue weighted by Gasteiger charge is -1.98. The molecule has 0 saturated heterocycles. The number of benzene rings is 1. The fourth-order valence-electron chi connectivity index (χ4n) is 1.93. The van der Waals surface area contributed by atoms with Gasteiger partial charge in [0.1, 0.15) is 4.60 Å². The van der Waals surface area contributed by atoms with Crippen LogP contribution in [0, 0.1) is 0 Å². The lowest BCUT2D eigenvalue weighted by Crippen LogP contribution is -2.03. The van der Waals surface area contributed by atoms with Gasteiger partial charge in [0, 0.05) is 11.3 Å². The molecule has 0 aliphatic carbocycles. The van der Waals surface area contributed by atoms with Crippen LogP contribution in [0.25, 0.3) is 11.6 Å². The summed E-state index contributed by atoms with van der Waals surface area (Å²) in [4.78, 5) is 16.2. The number of para-hydroxylation sites is 1. The van der Waals surface area contributed by atoms with E-state index in [1.54, 1.807) is 6.08 Å². The van der Waals surface area contributed by atoms with Crippen molar-refractivity contribution < 1.29 is 4.79 Å². The molecule has 3 rings (SSSR count). The van der Waals surface area contributed by atoms with E-state index in [-0.39, 0.29) is 5.91 Å². The van der Waals surface area contributed by atoms with Gasteiger partial charge in [0.15, 0.2) is 0 Å². The number of pyridine rings is 1. The number of aromatic nitrogens is 1. The van der Waals surface area contributed by atoms with Crippen LogP contribution >= 0.6 is 15.9 Å². The third-order valence-corrected chi connectivity index (χ3v) is 3.18. The first-order chi connectivity index (χ1) is 8.74. The third-order valence-electron chi connectivity index (χ3n) is 2.74. The summed E-state index contributed by atoms with van der Waals surface area (Å²) in [6, 6.07) is 13.2.